The third-order valence-electron chi connectivity index (χ3n) is 2.60. The van der Waals surface area contributed by atoms with Gasteiger partial charge in [0.1, 0.15) is 0 Å². The van der Waals surface area contributed by atoms with Crippen LogP contribution in [-0.2, 0) is 0 Å². The Bertz CT molecular complexity index is 608. The Morgan fingerprint density at radius 1 is 1.07 bits per heavy atom. The summed E-state index contributed by atoms with van der Waals surface area (Å²) in [4.78, 5) is 6.51. The van der Waals surface area contributed by atoms with E-state index < -0.39 is 0 Å². The number of H-pyrrole nitrogens is 2. The molecule has 0 spiro atoms. The summed E-state index contributed by atoms with van der Waals surface area (Å²) in [5.74, 6) is 0. The van der Waals surface area contributed by atoms with Crippen molar-refractivity contribution in [1.82, 2.24) is 4.98 Å². The Morgan fingerprint density at radius 2 is 2.00 bits per heavy atom. The van der Waals surface area contributed by atoms with E-state index in [2.05, 4.69) is 41.2 Å². The van der Waals surface area contributed by atoms with Crippen molar-refractivity contribution in [2.75, 3.05) is 0 Å². The minimum Gasteiger partial charge on any atom is -0.354 e. The van der Waals surface area contributed by atoms with Gasteiger partial charge in [0, 0.05) is 17.0 Å². The van der Waals surface area contributed by atoms with Crippen LogP contribution in [0.2, 0.25) is 0 Å². The predicted molar refractivity (Wildman–Crippen MR) is 57.1 cm³/mol. The molecule has 2 aromatic heterocycles. The lowest BCUT2D eigenvalue weighted by Gasteiger charge is -1.91. The first-order chi connectivity index (χ1) is 6.84. The van der Waals surface area contributed by atoms with Gasteiger partial charge in [-0.2, -0.15) is 0 Å². The second kappa shape index (κ2) is 2.58. The maximum absolute atomic E-state index is 3.40. The lowest BCUT2D eigenvalue weighted by atomic mass is 10.1. The van der Waals surface area contributed by atoms with Crippen LogP contribution in [0.25, 0.3) is 21.8 Å². The van der Waals surface area contributed by atoms with E-state index >= 15 is 0 Å². The molecule has 14 heavy (non-hydrogen) atoms. The van der Waals surface area contributed by atoms with Crippen LogP contribution < -0.4 is 4.98 Å². The molecule has 2 heterocycles. The van der Waals surface area contributed by atoms with Gasteiger partial charge in [0.2, 0.25) is 0 Å². The van der Waals surface area contributed by atoms with Crippen molar-refractivity contribution in [3.63, 3.8) is 0 Å². The first kappa shape index (κ1) is 7.56. The highest BCUT2D eigenvalue weighted by molar-refractivity contribution is 6.06. The van der Waals surface area contributed by atoms with Crippen molar-refractivity contribution in [3.8, 4) is 0 Å². The van der Waals surface area contributed by atoms with Crippen LogP contribution in [0, 0.1) is 6.92 Å². The highest BCUT2D eigenvalue weighted by Gasteiger charge is 2.04. The first-order valence-electron chi connectivity index (χ1n) is 4.73. The second-order valence-corrected chi connectivity index (χ2v) is 3.65. The molecule has 0 radical (unpaired) electrons. The zero-order valence-electron chi connectivity index (χ0n) is 7.96. The molecule has 0 saturated carbocycles. The van der Waals surface area contributed by atoms with Crippen LogP contribution in [0.15, 0.2) is 36.7 Å². The third kappa shape index (κ3) is 0.940. The summed E-state index contributed by atoms with van der Waals surface area (Å²) >= 11 is 0. The molecule has 2 N–H and O–H groups in total. The zero-order valence-corrected chi connectivity index (χ0v) is 7.96. The molecule has 0 saturated heterocycles. The van der Waals surface area contributed by atoms with Crippen molar-refractivity contribution < 1.29 is 4.98 Å². The minimum absolute atomic E-state index is 1.18. The summed E-state index contributed by atoms with van der Waals surface area (Å²) < 4.78 is 0. The van der Waals surface area contributed by atoms with Gasteiger partial charge in [-0.3, -0.25) is 0 Å². The quantitative estimate of drug-likeness (QED) is 0.555. The lowest BCUT2D eigenvalue weighted by molar-refractivity contribution is -0.375. The molecule has 0 aliphatic rings. The molecule has 1 aromatic carbocycles. The van der Waals surface area contributed by atoms with Gasteiger partial charge in [-0.05, 0) is 18.6 Å². The molecule has 0 fully saturated rings. The van der Waals surface area contributed by atoms with E-state index in [1.807, 2.05) is 12.4 Å². The summed E-state index contributed by atoms with van der Waals surface area (Å²) in [6.45, 7) is 2.11. The van der Waals surface area contributed by atoms with Gasteiger partial charge in [-0.1, -0.05) is 12.1 Å². The van der Waals surface area contributed by atoms with Crippen LogP contribution >= 0.6 is 0 Å². The number of hydrogen-bond donors (Lipinski definition) is 1. The monoisotopic (exact) mass is 183 g/mol. The molecule has 0 bridgehead atoms. The van der Waals surface area contributed by atoms with E-state index in [1.54, 1.807) is 0 Å². The number of aryl methyl sites for hydroxylation is 1. The Kier molecular flexibility index (Phi) is 1.39. The molecule has 2 nitrogen and oxygen atoms in total. The predicted octanol–water partition coefficient (Wildman–Crippen LogP) is 2.44. The SMILES string of the molecule is Cc1ccc2c(c1)[nH]c1cc[nH+]cc12. The van der Waals surface area contributed by atoms with Gasteiger partial charge < -0.3 is 4.98 Å². The fraction of sp³-hybridized carbons (Fsp3) is 0.0833. The van der Waals surface area contributed by atoms with E-state index in [9.17, 15) is 0 Å². The van der Waals surface area contributed by atoms with Gasteiger partial charge in [0.25, 0.3) is 0 Å². The Hall–Kier alpha value is -1.83. The smallest absolute Gasteiger partial charge is 0.177 e. The molecule has 3 rings (SSSR count). The molecule has 0 aliphatic carbocycles. The van der Waals surface area contributed by atoms with Crippen molar-refractivity contribution in [2.24, 2.45) is 0 Å². The standard InChI is InChI=1S/C12H10N2/c1-8-2-3-9-10-7-13-5-4-11(10)14-12(9)6-8/h2-7,14H,1H3/p+1. The zero-order chi connectivity index (χ0) is 9.54. The summed E-state index contributed by atoms with van der Waals surface area (Å²) in [5.41, 5.74) is 3.68. The van der Waals surface area contributed by atoms with Crippen molar-refractivity contribution >= 4 is 21.8 Å². The number of pyridine rings is 1. The summed E-state index contributed by atoms with van der Waals surface area (Å²) in [7, 11) is 0. The van der Waals surface area contributed by atoms with Crippen LogP contribution in [0.3, 0.4) is 0 Å². The molecule has 3 aromatic rings. The number of hydrogen-bond acceptors (Lipinski definition) is 0. The number of rotatable bonds is 0. The van der Waals surface area contributed by atoms with Crippen molar-refractivity contribution in [1.29, 1.82) is 0 Å². The molecule has 0 unspecified atom stereocenters. The maximum Gasteiger partial charge on any atom is 0.177 e. The average molecular weight is 183 g/mol. The van der Waals surface area contributed by atoms with Crippen LogP contribution in [0.1, 0.15) is 5.56 Å². The largest absolute Gasteiger partial charge is 0.354 e. The molecule has 0 amide bonds. The third-order valence-corrected chi connectivity index (χ3v) is 2.60. The van der Waals surface area contributed by atoms with Crippen LogP contribution in [0.5, 0.6) is 0 Å². The number of aromatic nitrogens is 2. The summed E-state index contributed by atoms with van der Waals surface area (Å²) in [5, 5.41) is 2.53. The average Bonchev–Trinajstić information content (AvgIpc) is 2.54. The highest BCUT2D eigenvalue weighted by atomic mass is 14.7. The summed E-state index contributed by atoms with van der Waals surface area (Å²) in [6, 6.07) is 8.54. The van der Waals surface area contributed by atoms with Gasteiger partial charge in [-0.15, -0.1) is 0 Å². The first-order valence-corrected chi connectivity index (χ1v) is 4.73. The molecule has 0 aliphatic heterocycles. The van der Waals surface area contributed by atoms with E-state index in [0.29, 0.717) is 0 Å². The number of fused-ring (bicyclic) bond motifs is 3. The molecule has 68 valence electrons. The van der Waals surface area contributed by atoms with Gasteiger partial charge >= 0.3 is 0 Å². The lowest BCUT2D eigenvalue weighted by Crippen LogP contribution is -1.96. The number of benzene rings is 1. The van der Waals surface area contributed by atoms with Crippen LogP contribution in [0.4, 0.5) is 0 Å². The van der Waals surface area contributed by atoms with Crippen LogP contribution in [-0.4, -0.2) is 4.98 Å². The Balaban J connectivity index is 2.57. The fourth-order valence-electron chi connectivity index (χ4n) is 1.90. The fourth-order valence-corrected chi connectivity index (χ4v) is 1.90. The summed E-state index contributed by atoms with van der Waals surface area (Å²) in [6.07, 6.45) is 3.97. The normalized spacial score (nSPS) is 11.2. The van der Waals surface area contributed by atoms with E-state index in [0.717, 1.165) is 0 Å². The van der Waals surface area contributed by atoms with Crippen molar-refractivity contribution in [3.05, 3.63) is 42.2 Å². The molecule has 2 heteroatoms. The number of aromatic amines is 2. The Morgan fingerprint density at radius 3 is 2.93 bits per heavy atom. The molecular weight excluding hydrogens is 172 g/mol. The molecular formula is C12H11N2+. The van der Waals surface area contributed by atoms with Gasteiger partial charge in [-0.25, -0.2) is 4.98 Å². The van der Waals surface area contributed by atoms with E-state index in [-0.39, 0.29) is 0 Å². The van der Waals surface area contributed by atoms with Gasteiger partial charge in [0.05, 0.1) is 10.9 Å². The number of nitrogens with one attached hydrogen (secondary N) is 2. The van der Waals surface area contributed by atoms with E-state index in [4.69, 9.17) is 0 Å². The van der Waals surface area contributed by atoms with E-state index in [1.165, 1.54) is 27.4 Å². The minimum atomic E-state index is 1.18. The van der Waals surface area contributed by atoms with Gasteiger partial charge in [0.15, 0.2) is 12.4 Å². The maximum atomic E-state index is 3.40. The molecule has 0 atom stereocenters. The highest BCUT2D eigenvalue weighted by Crippen LogP contribution is 2.24. The van der Waals surface area contributed by atoms with Crippen molar-refractivity contribution in [2.45, 2.75) is 6.92 Å². The second-order valence-electron chi connectivity index (χ2n) is 3.65. The topological polar surface area (TPSA) is 29.9 Å². The Labute approximate surface area is 81.6 Å².